The number of nitrogens with zero attached hydrogens (tertiary/aromatic N) is 4. The van der Waals surface area contributed by atoms with E-state index in [9.17, 15) is 8.42 Å². The van der Waals surface area contributed by atoms with E-state index in [1.807, 2.05) is 0 Å². The smallest absolute Gasteiger partial charge is 0.184 e. The van der Waals surface area contributed by atoms with E-state index in [1.165, 1.54) is 0 Å². The lowest BCUT2D eigenvalue weighted by atomic mass is 10.1. The summed E-state index contributed by atoms with van der Waals surface area (Å²) in [5.74, 6) is 0.823. The molecule has 7 nitrogen and oxygen atoms in total. The number of hydrogen-bond acceptors (Lipinski definition) is 6. The molecule has 1 aliphatic heterocycles. The molecule has 1 fully saturated rings. The molecule has 1 aromatic heterocycles. The van der Waals surface area contributed by atoms with Gasteiger partial charge in [0.05, 0.1) is 28.3 Å². The molecule has 1 aliphatic rings. The molecule has 0 aliphatic carbocycles. The summed E-state index contributed by atoms with van der Waals surface area (Å²) in [6.07, 6.45) is 1.00. The number of nitrogen functional groups attached to an aromatic ring is 1. The third kappa shape index (κ3) is 2.73. The highest BCUT2D eigenvalue weighted by Crippen LogP contribution is 2.33. The van der Waals surface area contributed by atoms with E-state index in [2.05, 4.69) is 15.5 Å². The highest BCUT2D eigenvalue weighted by Gasteiger charge is 2.28. The predicted octanol–water partition coefficient (Wildman–Crippen LogP) is 1.33. The Bertz CT molecular complexity index is 760. The molecule has 0 radical (unpaired) electrons. The lowest BCUT2D eigenvalue weighted by molar-refractivity contribution is 0.408. The first kappa shape index (κ1) is 14.3. The highest BCUT2D eigenvalue weighted by atomic mass is 35.5. The first-order chi connectivity index (χ1) is 9.98. The molecular weight excluding hydrogens is 314 g/mol. The Morgan fingerprint density at radius 1 is 1.29 bits per heavy atom. The summed E-state index contributed by atoms with van der Waals surface area (Å²) < 4.78 is 24.7. The molecule has 0 spiro atoms. The molecule has 21 heavy (non-hydrogen) atoms. The molecule has 9 heteroatoms. The first-order valence-electron chi connectivity index (χ1n) is 6.50. The number of sulfone groups is 1. The average Bonchev–Trinajstić information content (AvgIpc) is 2.91. The number of halogens is 1. The lowest BCUT2D eigenvalue weighted by Crippen LogP contribution is -2.26. The standard InChI is InChI=1S/C12H14ClN5O2S/c13-10-3-1-2-9(11(10)14)12-15-16-17-18(12)8-4-6-21(19,20)7-5-8/h1-3,8H,4-7,14H2. The maximum absolute atomic E-state index is 11.5. The molecule has 1 aromatic carbocycles. The summed E-state index contributed by atoms with van der Waals surface area (Å²) >= 11 is 6.02. The van der Waals surface area contributed by atoms with Gasteiger partial charge in [-0.2, -0.15) is 0 Å². The molecule has 0 amide bonds. The summed E-state index contributed by atoms with van der Waals surface area (Å²) in [7, 11) is -2.93. The Balaban J connectivity index is 1.97. The van der Waals surface area contributed by atoms with Crippen molar-refractivity contribution in [3.8, 4) is 11.4 Å². The van der Waals surface area contributed by atoms with Gasteiger partial charge in [0.25, 0.3) is 0 Å². The second-order valence-corrected chi connectivity index (χ2v) is 7.74. The zero-order chi connectivity index (χ0) is 15.0. The molecule has 2 heterocycles. The Labute approximate surface area is 127 Å². The van der Waals surface area contributed by atoms with Crippen LogP contribution in [-0.2, 0) is 9.84 Å². The van der Waals surface area contributed by atoms with Crippen LogP contribution in [0.2, 0.25) is 5.02 Å². The number of anilines is 1. The van der Waals surface area contributed by atoms with Crippen LogP contribution in [0, 0.1) is 0 Å². The summed E-state index contributed by atoms with van der Waals surface area (Å²) in [6.45, 7) is 0. The van der Waals surface area contributed by atoms with Gasteiger partial charge in [0, 0.05) is 5.56 Å². The van der Waals surface area contributed by atoms with Gasteiger partial charge in [0.1, 0.15) is 9.84 Å². The van der Waals surface area contributed by atoms with E-state index >= 15 is 0 Å². The maximum Gasteiger partial charge on any atom is 0.184 e. The van der Waals surface area contributed by atoms with E-state index in [0.717, 1.165) is 0 Å². The SMILES string of the molecule is Nc1c(Cl)cccc1-c1nnnn1C1CCS(=O)(=O)CC1. The fourth-order valence-corrected chi connectivity index (χ4v) is 4.11. The number of benzene rings is 1. The summed E-state index contributed by atoms with van der Waals surface area (Å²) in [4.78, 5) is 0. The zero-order valence-corrected chi connectivity index (χ0v) is 12.7. The van der Waals surface area contributed by atoms with Gasteiger partial charge in [-0.3, -0.25) is 0 Å². The third-order valence-corrected chi connectivity index (χ3v) is 5.70. The fourth-order valence-electron chi connectivity index (χ4n) is 2.47. The van der Waals surface area contributed by atoms with Gasteiger partial charge >= 0.3 is 0 Å². The normalized spacial score (nSPS) is 18.7. The molecule has 0 bridgehead atoms. The molecule has 2 N–H and O–H groups in total. The molecule has 0 unspecified atom stereocenters. The van der Waals surface area contributed by atoms with Crippen molar-refractivity contribution in [3.05, 3.63) is 23.2 Å². The van der Waals surface area contributed by atoms with Gasteiger partial charge in [-0.1, -0.05) is 17.7 Å². The van der Waals surface area contributed by atoms with Crippen molar-refractivity contribution in [2.24, 2.45) is 0 Å². The Hall–Kier alpha value is -1.67. The number of aromatic nitrogens is 4. The number of hydrogen-bond donors (Lipinski definition) is 1. The van der Waals surface area contributed by atoms with E-state index in [-0.39, 0.29) is 17.5 Å². The zero-order valence-electron chi connectivity index (χ0n) is 11.1. The maximum atomic E-state index is 11.5. The molecule has 1 saturated heterocycles. The van der Waals surface area contributed by atoms with Crippen molar-refractivity contribution in [1.29, 1.82) is 0 Å². The Morgan fingerprint density at radius 2 is 2.00 bits per heavy atom. The van der Waals surface area contributed by atoms with E-state index in [0.29, 0.717) is 34.9 Å². The topological polar surface area (TPSA) is 104 Å². The summed E-state index contributed by atoms with van der Waals surface area (Å²) in [5.41, 5.74) is 7.05. The lowest BCUT2D eigenvalue weighted by Gasteiger charge is -2.22. The molecule has 112 valence electrons. The molecule has 3 rings (SSSR count). The van der Waals surface area contributed by atoms with Crippen molar-refractivity contribution in [1.82, 2.24) is 20.2 Å². The van der Waals surface area contributed by atoms with Gasteiger partial charge in [-0.25, -0.2) is 13.1 Å². The minimum Gasteiger partial charge on any atom is -0.397 e. The van der Waals surface area contributed by atoms with Gasteiger partial charge in [0.15, 0.2) is 5.82 Å². The van der Waals surface area contributed by atoms with Gasteiger partial charge in [-0.05, 0) is 35.4 Å². The first-order valence-corrected chi connectivity index (χ1v) is 8.70. The van der Waals surface area contributed by atoms with Crippen LogP contribution in [0.1, 0.15) is 18.9 Å². The monoisotopic (exact) mass is 327 g/mol. The van der Waals surface area contributed by atoms with Crippen LogP contribution in [0.15, 0.2) is 18.2 Å². The molecule has 0 atom stereocenters. The number of nitrogens with two attached hydrogens (primary N) is 1. The van der Waals surface area contributed by atoms with Crippen LogP contribution < -0.4 is 5.73 Å². The number of rotatable bonds is 2. The average molecular weight is 328 g/mol. The quantitative estimate of drug-likeness (QED) is 0.834. The minimum atomic E-state index is -2.93. The largest absolute Gasteiger partial charge is 0.397 e. The van der Waals surface area contributed by atoms with Crippen molar-refractivity contribution in [3.63, 3.8) is 0 Å². The molecular formula is C12H14ClN5O2S. The van der Waals surface area contributed by atoms with Crippen LogP contribution in [0.3, 0.4) is 0 Å². The van der Waals surface area contributed by atoms with Crippen LogP contribution in [0.4, 0.5) is 5.69 Å². The summed E-state index contributed by atoms with van der Waals surface area (Å²) in [6, 6.07) is 5.22. The van der Waals surface area contributed by atoms with Crippen LogP contribution in [0.25, 0.3) is 11.4 Å². The minimum absolute atomic E-state index is 0.0445. The van der Waals surface area contributed by atoms with Gasteiger partial charge in [0.2, 0.25) is 0 Å². The van der Waals surface area contributed by atoms with Crippen LogP contribution >= 0.6 is 11.6 Å². The van der Waals surface area contributed by atoms with Gasteiger partial charge < -0.3 is 5.73 Å². The van der Waals surface area contributed by atoms with E-state index < -0.39 is 9.84 Å². The van der Waals surface area contributed by atoms with Gasteiger partial charge in [-0.15, -0.1) is 5.10 Å². The van der Waals surface area contributed by atoms with E-state index in [1.54, 1.807) is 22.9 Å². The van der Waals surface area contributed by atoms with Crippen LogP contribution in [0.5, 0.6) is 0 Å². The second-order valence-electron chi connectivity index (χ2n) is 5.03. The van der Waals surface area contributed by atoms with Crippen molar-refractivity contribution in [2.45, 2.75) is 18.9 Å². The highest BCUT2D eigenvalue weighted by molar-refractivity contribution is 7.91. The van der Waals surface area contributed by atoms with Crippen molar-refractivity contribution in [2.75, 3.05) is 17.2 Å². The van der Waals surface area contributed by atoms with Crippen molar-refractivity contribution >= 4 is 27.1 Å². The number of para-hydroxylation sites is 1. The number of tetrazole rings is 1. The second kappa shape index (κ2) is 5.27. The summed E-state index contributed by atoms with van der Waals surface area (Å²) in [5, 5.41) is 12.1. The van der Waals surface area contributed by atoms with E-state index in [4.69, 9.17) is 17.3 Å². The van der Waals surface area contributed by atoms with Crippen molar-refractivity contribution < 1.29 is 8.42 Å². The molecule has 2 aromatic rings. The van der Waals surface area contributed by atoms with Crippen LogP contribution in [-0.4, -0.2) is 40.1 Å². The predicted molar refractivity (Wildman–Crippen MR) is 79.6 cm³/mol. The fraction of sp³-hybridized carbons (Fsp3) is 0.417. The third-order valence-electron chi connectivity index (χ3n) is 3.66. The molecule has 0 saturated carbocycles. The Kier molecular flexibility index (Phi) is 3.58. The Morgan fingerprint density at radius 3 is 2.71 bits per heavy atom.